The summed E-state index contributed by atoms with van der Waals surface area (Å²) in [7, 11) is 0. The molecular weight excluding hydrogens is 324 g/mol. The molecule has 0 aliphatic rings. The molecule has 1 aromatic carbocycles. The largest absolute Gasteiger partial charge is 0.450 e. The highest BCUT2D eigenvalue weighted by Gasteiger charge is 2.11. The van der Waals surface area contributed by atoms with Crippen molar-refractivity contribution >= 4 is 35.2 Å². The lowest BCUT2D eigenvalue weighted by atomic mass is 10.1. The van der Waals surface area contributed by atoms with Gasteiger partial charge in [0.25, 0.3) is 5.69 Å². The van der Waals surface area contributed by atoms with Crippen LogP contribution in [0.1, 0.15) is 25.8 Å². The molecular formula is C15H17ClN2O5. The summed E-state index contributed by atoms with van der Waals surface area (Å²) in [6.07, 6.45) is 2.17. The van der Waals surface area contributed by atoms with Gasteiger partial charge in [-0.1, -0.05) is 11.6 Å². The average Bonchev–Trinajstić information content (AvgIpc) is 2.46. The van der Waals surface area contributed by atoms with E-state index in [0.717, 1.165) is 0 Å². The van der Waals surface area contributed by atoms with Crippen LogP contribution in [0.25, 0.3) is 6.08 Å². The molecule has 1 atom stereocenters. The minimum Gasteiger partial charge on any atom is -0.450 e. The lowest BCUT2D eigenvalue weighted by Crippen LogP contribution is -2.34. The number of rotatable bonds is 7. The molecule has 0 spiro atoms. The first-order valence-electron chi connectivity index (χ1n) is 6.91. The first-order chi connectivity index (χ1) is 10.8. The molecule has 0 aromatic heterocycles. The van der Waals surface area contributed by atoms with Crippen molar-refractivity contribution in [2.75, 3.05) is 6.61 Å². The smallest absolute Gasteiger partial charge is 0.407 e. The number of hydrogen-bond acceptors (Lipinski definition) is 5. The molecule has 0 saturated heterocycles. The summed E-state index contributed by atoms with van der Waals surface area (Å²) in [5.74, 6) is -0.253. The van der Waals surface area contributed by atoms with Gasteiger partial charge in [0.2, 0.25) is 0 Å². The van der Waals surface area contributed by atoms with E-state index < -0.39 is 17.1 Å². The second kappa shape index (κ2) is 8.89. The van der Waals surface area contributed by atoms with E-state index in [1.54, 1.807) is 13.8 Å². The second-order valence-corrected chi connectivity index (χ2v) is 5.14. The third-order valence-electron chi connectivity index (χ3n) is 2.79. The van der Waals surface area contributed by atoms with Crippen molar-refractivity contribution in [2.24, 2.45) is 0 Å². The van der Waals surface area contributed by atoms with Crippen LogP contribution in [0.3, 0.4) is 0 Å². The number of nitrogens with one attached hydrogen (secondary N) is 1. The second-order valence-electron chi connectivity index (χ2n) is 4.73. The normalized spacial score (nSPS) is 12.0. The van der Waals surface area contributed by atoms with Gasteiger partial charge in [-0.15, -0.1) is 0 Å². The van der Waals surface area contributed by atoms with Gasteiger partial charge in [-0.3, -0.25) is 14.9 Å². The summed E-state index contributed by atoms with van der Waals surface area (Å²) in [5, 5.41) is 13.5. The third-order valence-corrected chi connectivity index (χ3v) is 3.13. The van der Waals surface area contributed by atoms with Gasteiger partial charge in [0.15, 0.2) is 5.78 Å². The number of nitro benzene ring substituents is 1. The molecule has 0 aliphatic heterocycles. The van der Waals surface area contributed by atoms with Gasteiger partial charge in [0, 0.05) is 29.6 Å². The Hall–Kier alpha value is -2.41. The molecule has 0 saturated carbocycles. The van der Waals surface area contributed by atoms with E-state index >= 15 is 0 Å². The van der Waals surface area contributed by atoms with Crippen molar-refractivity contribution in [1.82, 2.24) is 5.32 Å². The molecule has 0 heterocycles. The Morgan fingerprint density at radius 1 is 1.48 bits per heavy atom. The monoisotopic (exact) mass is 340 g/mol. The van der Waals surface area contributed by atoms with Crippen LogP contribution in [-0.2, 0) is 9.53 Å². The number of ketones is 1. The molecule has 8 heteroatoms. The lowest BCUT2D eigenvalue weighted by molar-refractivity contribution is -0.384. The van der Waals surface area contributed by atoms with Gasteiger partial charge in [-0.25, -0.2) is 4.79 Å². The molecule has 1 aromatic rings. The van der Waals surface area contributed by atoms with Crippen LogP contribution in [-0.4, -0.2) is 29.4 Å². The standard InChI is InChI=1S/C15H17ClN2O5/c1-3-23-15(20)17-10(2)8-13(19)6-4-11-9-12(18(21)22)5-7-14(11)16/h4-7,9-10H,3,8H2,1-2H3,(H,17,20)/b6-4+. The molecule has 0 radical (unpaired) electrons. The number of nitro groups is 1. The molecule has 0 bridgehead atoms. The highest BCUT2D eigenvalue weighted by Crippen LogP contribution is 2.23. The molecule has 1 N–H and O–H groups in total. The quantitative estimate of drug-likeness (QED) is 0.466. The molecule has 7 nitrogen and oxygen atoms in total. The van der Waals surface area contributed by atoms with Gasteiger partial charge < -0.3 is 10.1 Å². The topological polar surface area (TPSA) is 98.5 Å². The van der Waals surface area contributed by atoms with Gasteiger partial charge in [-0.05, 0) is 37.6 Å². The van der Waals surface area contributed by atoms with Gasteiger partial charge in [-0.2, -0.15) is 0 Å². The molecule has 23 heavy (non-hydrogen) atoms. The van der Waals surface area contributed by atoms with Crippen LogP contribution in [0.5, 0.6) is 0 Å². The predicted octanol–water partition coefficient (Wildman–Crippen LogP) is 3.36. The van der Waals surface area contributed by atoms with E-state index in [-0.39, 0.29) is 24.5 Å². The third kappa shape index (κ3) is 6.48. The Bertz CT molecular complexity index is 630. The number of non-ortho nitro benzene ring substituents is 1. The maximum Gasteiger partial charge on any atom is 0.407 e. The average molecular weight is 341 g/mol. The maximum atomic E-state index is 11.8. The summed E-state index contributed by atoms with van der Waals surface area (Å²) in [6.45, 7) is 3.60. The summed E-state index contributed by atoms with van der Waals surface area (Å²) >= 11 is 5.94. The molecule has 1 rings (SSSR count). The Labute approximate surface area is 138 Å². The van der Waals surface area contributed by atoms with E-state index in [4.69, 9.17) is 16.3 Å². The number of benzene rings is 1. The molecule has 0 fully saturated rings. The highest BCUT2D eigenvalue weighted by molar-refractivity contribution is 6.32. The number of carbonyl (C=O) groups excluding carboxylic acids is 2. The minimum absolute atomic E-state index is 0.0713. The maximum absolute atomic E-state index is 11.8. The number of allylic oxidation sites excluding steroid dienone is 1. The molecule has 124 valence electrons. The van der Waals surface area contributed by atoms with E-state index in [0.29, 0.717) is 10.6 Å². The molecule has 1 amide bonds. The Morgan fingerprint density at radius 3 is 2.78 bits per heavy atom. The fourth-order valence-corrected chi connectivity index (χ4v) is 1.93. The summed E-state index contributed by atoms with van der Waals surface area (Å²) in [6, 6.07) is 3.57. The number of carbonyl (C=O) groups is 2. The first kappa shape index (κ1) is 18.6. The van der Waals surface area contributed by atoms with Crippen molar-refractivity contribution in [3.63, 3.8) is 0 Å². The zero-order valence-electron chi connectivity index (χ0n) is 12.7. The summed E-state index contributed by atoms with van der Waals surface area (Å²) < 4.78 is 4.71. The summed E-state index contributed by atoms with van der Waals surface area (Å²) in [4.78, 5) is 33.2. The van der Waals surface area contributed by atoms with Crippen LogP contribution in [0.4, 0.5) is 10.5 Å². The van der Waals surface area contributed by atoms with Gasteiger partial charge in [0.1, 0.15) is 0 Å². The fourth-order valence-electron chi connectivity index (χ4n) is 1.75. The Morgan fingerprint density at radius 2 is 2.17 bits per heavy atom. The van der Waals surface area contributed by atoms with Crippen LogP contribution < -0.4 is 5.32 Å². The van der Waals surface area contributed by atoms with Crippen molar-refractivity contribution in [3.05, 3.63) is 45.0 Å². The van der Waals surface area contributed by atoms with Crippen molar-refractivity contribution in [2.45, 2.75) is 26.3 Å². The van der Waals surface area contributed by atoms with Crippen molar-refractivity contribution < 1.29 is 19.2 Å². The van der Waals surface area contributed by atoms with E-state index in [9.17, 15) is 19.7 Å². The minimum atomic E-state index is -0.585. The summed E-state index contributed by atoms with van der Waals surface area (Å²) in [5.41, 5.74) is 0.263. The number of amides is 1. The van der Waals surface area contributed by atoms with Crippen molar-refractivity contribution in [3.8, 4) is 0 Å². The number of alkyl carbamates (subject to hydrolysis) is 1. The zero-order chi connectivity index (χ0) is 17.4. The zero-order valence-corrected chi connectivity index (χ0v) is 13.5. The Kier molecular flexibility index (Phi) is 7.21. The molecule has 0 aliphatic carbocycles. The lowest BCUT2D eigenvalue weighted by Gasteiger charge is -2.11. The van der Waals surface area contributed by atoms with Gasteiger partial charge >= 0.3 is 6.09 Å². The van der Waals surface area contributed by atoms with Crippen molar-refractivity contribution in [1.29, 1.82) is 0 Å². The highest BCUT2D eigenvalue weighted by atomic mass is 35.5. The van der Waals surface area contributed by atoms with E-state index in [1.807, 2.05) is 0 Å². The Balaban J connectivity index is 2.66. The fraction of sp³-hybridized carbons (Fsp3) is 0.333. The number of nitrogens with zero attached hydrogens (tertiary/aromatic N) is 1. The van der Waals surface area contributed by atoms with E-state index in [2.05, 4.69) is 5.32 Å². The van der Waals surface area contributed by atoms with Crippen LogP contribution in [0, 0.1) is 10.1 Å². The van der Waals surface area contributed by atoms with E-state index in [1.165, 1.54) is 30.4 Å². The number of halogens is 1. The van der Waals surface area contributed by atoms with Crippen LogP contribution >= 0.6 is 11.6 Å². The van der Waals surface area contributed by atoms with Gasteiger partial charge in [0.05, 0.1) is 11.5 Å². The van der Waals surface area contributed by atoms with Crippen LogP contribution in [0.2, 0.25) is 5.02 Å². The van der Waals surface area contributed by atoms with Crippen LogP contribution in [0.15, 0.2) is 24.3 Å². The number of ether oxygens (including phenoxy) is 1. The SMILES string of the molecule is CCOC(=O)NC(C)CC(=O)/C=C/c1cc([N+](=O)[O-])ccc1Cl. The first-order valence-corrected chi connectivity index (χ1v) is 7.29. The molecule has 1 unspecified atom stereocenters. The number of hydrogen-bond donors (Lipinski definition) is 1. The predicted molar refractivity (Wildman–Crippen MR) is 86.4 cm³/mol.